The van der Waals surface area contributed by atoms with E-state index >= 15 is 0 Å². The number of nitrogens with one attached hydrogen (secondary N) is 1. The summed E-state index contributed by atoms with van der Waals surface area (Å²) < 4.78 is 12.6. The molecule has 1 saturated heterocycles. The normalized spacial score (nSPS) is 13.5. The standard InChI is InChI=1S/C33H37N5O4/c1-24-4-8-26(9-5-24)30-22-38(28-12-6-25(2)7-13-28)33(34-30)35-31(39)23-37(17-16-36-18-20-42-21-19-36)32(40)27-10-14-29(41-3)15-11-27/h4-15,22H,16-21,23H2,1-3H3,(H,34,35,39). The number of aromatic nitrogens is 2. The number of carbonyl (C=O) groups excluding carboxylic acids is 2. The smallest absolute Gasteiger partial charge is 0.254 e. The lowest BCUT2D eigenvalue weighted by Gasteiger charge is -2.30. The Morgan fingerprint density at radius 2 is 1.57 bits per heavy atom. The summed E-state index contributed by atoms with van der Waals surface area (Å²) >= 11 is 0. The minimum atomic E-state index is -0.326. The molecule has 218 valence electrons. The van der Waals surface area contributed by atoms with Crippen molar-refractivity contribution in [1.29, 1.82) is 0 Å². The van der Waals surface area contributed by atoms with E-state index in [1.165, 1.54) is 0 Å². The summed E-state index contributed by atoms with van der Waals surface area (Å²) in [4.78, 5) is 35.7. The number of rotatable bonds is 10. The van der Waals surface area contributed by atoms with E-state index in [9.17, 15) is 9.59 Å². The third-order valence-corrected chi connectivity index (χ3v) is 7.37. The summed E-state index contributed by atoms with van der Waals surface area (Å²) in [6.45, 7) is 7.93. The van der Waals surface area contributed by atoms with Crippen molar-refractivity contribution in [3.63, 3.8) is 0 Å². The summed E-state index contributed by atoms with van der Waals surface area (Å²) in [5, 5.41) is 2.98. The average Bonchev–Trinajstić information content (AvgIpc) is 3.43. The molecule has 0 unspecified atom stereocenters. The molecule has 0 spiro atoms. The van der Waals surface area contributed by atoms with Crippen LogP contribution in [-0.2, 0) is 9.53 Å². The number of ether oxygens (including phenoxy) is 2. The predicted octanol–water partition coefficient (Wildman–Crippen LogP) is 4.58. The lowest BCUT2D eigenvalue weighted by molar-refractivity contribution is -0.117. The number of hydrogen-bond acceptors (Lipinski definition) is 6. The van der Waals surface area contributed by atoms with Crippen LogP contribution in [0.1, 0.15) is 21.5 Å². The summed E-state index contributed by atoms with van der Waals surface area (Å²) in [5.74, 6) is 0.512. The Hall–Kier alpha value is -4.47. The molecule has 1 fully saturated rings. The van der Waals surface area contributed by atoms with Gasteiger partial charge in [0.25, 0.3) is 5.91 Å². The zero-order valence-electron chi connectivity index (χ0n) is 24.4. The molecule has 3 aromatic carbocycles. The molecule has 1 aromatic heterocycles. The van der Waals surface area contributed by atoms with Crippen molar-refractivity contribution in [3.8, 4) is 22.7 Å². The zero-order chi connectivity index (χ0) is 29.5. The topological polar surface area (TPSA) is 88.9 Å². The van der Waals surface area contributed by atoms with Gasteiger partial charge in [-0.25, -0.2) is 4.98 Å². The highest BCUT2D eigenvalue weighted by atomic mass is 16.5. The number of nitrogens with zero attached hydrogens (tertiary/aromatic N) is 4. The molecule has 0 bridgehead atoms. The van der Waals surface area contributed by atoms with Crippen molar-refractivity contribution in [2.24, 2.45) is 0 Å². The SMILES string of the molecule is COc1ccc(C(=O)N(CCN2CCOCC2)CC(=O)Nc2nc(-c3ccc(C)cc3)cn2-c2ccc(C)cc2)cc1. The summed E-state index contributed by atoms with van der Waals surface area (Å²) in [6, 6.07) is 23.1. The number of aryl methyl sites for hydroxylation is 2. The molecule has 9 nitrogen and oxygen atoms in total. The van der Waals surface area contributed by atoms with Crippen LogP contribution >= 0.6 is 0 Å². The highest BCUT2D eigenvalue weighted by Gasteiger charge is 2.22. The molecule has 2 amide bonds. The lowest BCUT2D eigenvalue weighted by atomic mass is 10.1. The lowest BCUT2D eigenvalue weighted by Crippen LogP contribution is -2.45. The Bertz CT molecular complexity index is 1490. The Balaban J connectivity index is 1.38. The van der Waals surface area contributed by atoms with Crippen LogP contribution in [0, 0.1) is 13.8 Å². The van der Waals surface area contributed by atoms with Gasteiger partial charge >= 0.3 is 0 Å². The number of amides is 2. The molecule has 9 heteroatoms. The third-order valence-electron chi connectivity index (χ3n) is 7.37. The van der Waals surface area contributed by atoms with E-state index in [0.29, 0.717) is 43.6 Å². The van der Waals surface area contributed by atoms with Crippen molar-refractivity contribution >= 4 is 17.8 Å². The van der Waals surface area contributed by atoms with Crippen LogP contribution in [-0.4, -0.2) is 84.2 Å². The van der Waals surface area contributed by atoms with Gasteiger partial charge in [-0.1, -0.05) is 47.5 Å². The minimum absolute atomic E-state index is 0.115. The molecule has 5 rings (SSSR count). The first-order valence-electron chi connectivity index (χ1n) is 14.2. The number of anilines is 1. The van der Waals surface area contributed by atoms with Gasteiger partial charge in [-0.2, -0.15) is 0 Å². The molecule has 0 aliphatic carbocycles. The first-order chi connectivity index (χ1) is 20.4. The second-order valence-electron chi connectivity index (χ2n) is 10.5. The van der Waals surface area contributed by atoms with Gasteiger partial charge in [0.15, 0.2) is 0 Å². The predicted molar refractivity (Wildman–Crippen MR) is 163 cm³/mol. The molecular formula is C33H37N5O4. The first-order valence-corrected chi connectivity index (χ1v) is 14.2. The van der Waals surface area contributed by atoms with Crippen molar-refractivity contribution in [1.82, 2.24) is 19.4 Å². The Morgan fingerprint density at radius 3 is 2.21 bits per heavy atom. The summed E-state index contributed by atoms with van der Waals surface area (Å²) in [5.41, 5.74) is 5.35. The summed E-state index contributed by atoms with van der Waals surface area (Å²) in [6.07, 6.45) is 1.92. The van der Waals surface area contributed by atoms with Crippen LogP contribution in [0.4, 0.5) is 5.95 Å². The molecular weight excluding hydrogens is 530 g/mol. The van der Waals surface area contributed by atoms with Gasteiger partial charge in [-0.05, 0) is 50.2 Å². The van der Waals surface area contributed by atoms with Gasteiger partial charge < -0.3 is 14.4 Å². The van der Waals surface area contributed by atoms with Crippen LogP contribution in [0.5, 0.6) is 5.75 Å². The van der Waals surface area contributed by atoms with Crippen LogP contribution in [0.25, 0.3) is 16.9 Å². The van der Waals surface area contributed by atoms with Gasteiger partial charge in [-0.3, -0.25) is 24.4 Å². The number of morpholine rings is 1. The fourth-order valence-electron chi connectivity index (χ4n) is 4.83. The van der Waals surface area contributed by atoms with Crippen LogP contribution in [0.2, 0.25) is 0 Å². The van der Waals surface area contributed by atoms with Crippen molar-refractivity contribution in [3.05, 3.63) is 95.7 Å². The van der Waals surface area contributed by atoms with Crippen molar-refractivity contribution < 1.29 is 19.1 Å². The van der Waals surface area contributed by atoms with Gasteiger partial charge in [0.2, 0.25) is 11.9 Å². The molecule has 42 heavy (non-hydrogen) atoms. The third kappa shape index (κ3) is 7.23. The number of methoxy groups -OCH3 is 1. The van der Waals surface area contributed by atoms with E-state index in [4.69, 9.17) is 14.5 Å². The fourth-order valence-corrected chi connectivity index (χ4v) is 4.83. The molecule has 0 radical (unpaired) electrons. The number of hydrogen-bond donors (Lipinski definition) is 1. The maximum absolute atomic E-state index is 13.6. The number of imidazole rings is 1. The fraction of sp³-hybridized carbons (Fsp3) is 0.303. The Labute approximate surface area is 246 Å². The zero-order valence-corrected chi connectivity index (χ0v) is 24.4. The quantitative estimate of drug-likeness (QED) is 0.302. The average molecular weight is 568 g/mol. The molecule has 1 N–H and O–H groups in total. The number of benzene rings is 3. The van der Waals surface area contributed by atoms with Crippen LogP contribution < -0.4 is 10.1 Å². The summed E-state index contributed by atoms with van der Waals surface area (Å²) in [7, 11) is 1.58. The van der Waals surface area contributed by atoms with Gasteiger partial charge in [-0.15, -0.1) is 0 Å². The second-order valence-corrected chi connectivity index (χ2v) is 10.5. The highest BCUT2D eigenvalue weighted by Crippen LogP contribution is 2.25. The second kappa shape index (κ2) is 13.5. The minimum Gasteiger partial charge on any atom is -0.497 e. The van der Waals surface area contributed by atoms with Crippen molar-refractivity contribution in [2.45, 2.75) is 13.8 Å². The van der Waals surface area contributed by atoms with E-state index in [0.717, 1.165) is 41.2 Å². The molecule has 0 saturated carbocycles. The van der Waals surface area contributed by atoms with E-state index in [2.05, 4.69) is 10.2 Å². The molecule has 1 aliphatic rings. The van der Waals surface area contributed by atoms with Gasteiger partial charge in [0.05, 0.1) is 26.0 Å². The Kier molecular flexibility index (Phi) is 9.31. The maximum atomic E-state index is 13.6. The molecule has 4 aromatic rings. The maximum Gasteiger partial charge on any atom is 0.254 e. The number of carbonyl (C=O) groups is 2. The molecule has 1 aliphatic heterocycles. The van der Waals surface area contributed by atoms with E-state index in [1.54, 1.807) is 36.3 Å². The Morgan fingerprint density at radius 1 is 0.929 bits per heavy atom. The van der Waals surface area contributed by atoms with E-state index in [-0.39, 0.29) is 18.4 Å². The van der Waals surface area contributed by atoms with Gasteiger partial charge in [0, 0.05) is 49.2 Å². The molecule has 2 heterocycles. The van der Waals surface area contributed by atoms with E-state index < -0.39 is 0 Å². The van der Waals surface area contributed by atoms with Crippen molar-refractivity contribution in [2.75, 3.05) is 58.4 Å². The van der Waals surface area contributed by atoms with Gasteiger partial charge in [0.1, 0.15) is 12.3 Å². The monoisotopic (exact) mass is 567 g/mol. The van der Waals surface area contributed by atoms with Crippen LogP contribution in [0.3, 0.4) is 0 Å². The highest BCUT2D eigenvalue weighted by molar-refractivity contribution is 5.99. The largest absolute Gasteiger partial charge is 0.497 e. The first kappa shape index (κ1) is 29.0. The van der Waals surface area contributed by atoms with Crippen LogP contribution in [0.15, 0.2) is 79.0 Å². The van der Waals surface area contributed by atoms with E-state index in [1.807, 2.05) is 73.1 Å². The molecule has 0 atom stereocenters.